The van der Waals surface area contributed by atoms with E-state index in [-0.39, 0.29) is 17.5 Å². The first-order valence-corrected chi connectivity index (χ1v) is 7.76. The zero-order chi connectivity index (χ0) is 14.5. The molecule has 1 unspecified atom stereocenters. The Hall–Kier alpha value is -0.660. The molecule has 19 heavy (non-hydrogen) atoms. The number of halogens is 1. The minimum atomic E-state index is -3.56. The van der Waals surface area contributed by atoms with Crippen molar-refractivity contribution in [1.29, 1.82) is 0 Å². The molecule has 0 radical (unpaired) electrons. The fourth-order valence-corrected chi connectivity index (χ4v) is 3.08. The first-order chi connectivity index (χ1) is 8.90. The summed E-state index contributed by atoms with van der Waals surface area (Å²) in [6, 6.07) is 4.29. The summed E-state index contributed by atoms with van der Waals surface area (Å²) < 4.78 is 31.8. The van der Waals surface area contributed by atoms with Gasteiger partial charge in [-0.15, -0.1) is 0 Å². The maximum absolute atomic E-state index is 12.1. The summed E-state index contributed by atoms with van der Waals surface area (Å²) in [6.07, 6.45) is 0.604. The molecule has 0 bridgehead atoms. The zero-order valence-corrected chi connectivity index (χ0v) is 12.6. The molecule has 3 N–H and O–H groups in total. The van der Waals surface area contributed by atoms with Gasteiger partial charge in [-0.2, -0.15) is 0 Å². The van der Waals surface area contributed by atoms with E-state index in [1.807, 2.05) is 0 Å². The van der Waals surface area contributed by atoms with E-state index >= 15 is 0 Å². The van der Waals surface area contributed by atoms with Gasteiger partial charge in [0.15, 0.2) is 0 Å². The third kappa shape index (κ3) is 4.74. The van der Waals surface area contributed by atoms with Gasteiger partial charge >= 0.3 is 0 Å². The van der Waals surface area contributed by atoms with E-state index in [0.717, 1.165) is 0 Å². The predicted octanol–water partition coefficient (Wildman–Crippen LogP) is 1.50. The van der Waals surface area contributed by atoms with E-state index in [9.17, 15) is 8.42 Å². The molecule has 5 nitrogen and oxygen atoms in total. The highest BCUT2D eigenvalue weighted by Crippen LogP contribution is 2.20. The summed E-state index contributed by atoms with van der Waals surface area (Å²) in [4.78, 5) is 0.168. The SMILES string of the molecule is COCCC(C)NS(=O)(=O)c1ccc(Cl)c(CN)c1. The number of sulfonamides is 1. The lowest BCUT2D eigenvalue weighted by Gasteiger charge is -2.14. The van der Waals surface area contributed by atoms with Crippen molar-refractivity contribution in [1.82, 2.24) is 4.72 Å². The monoisotopic (exact) mass is 306 g/mol. The average Bonchev–Trinajstić information content (AvgIpc) is 2.36. The van der Waals surface area contributed by atoms with E-state index in [4.69, 9.17) is 22.1 Å². The zero-order valence-electron chi connectivity index (χ0n) is 11.0. The van der Waals surface area contributed by atoms with Crippen LogP contribution in [0.3, 0.4) is 0 Å². The van der Waals surface area contributed by atoms with Crippen LogP contribution in [0.15, 0.2) is 23.1 Å². The van der Waals surface area contributed by atoms with Crippen molar-refractivity contribution in [2.45, 2.75) is 30.8 Å². The number of methoxy groups -OCH3 is 1. The van der Waals surface area contributed by atoms with E-state index in [2.05, 4.69) is 4.72 Å². The molecule has 0 saturated carbocycles. The Kier molecular flexibility index (Phi) is 6.22. The normalized spacial score (nSPS) is 13.5. The van der Waals surface area contributed by atoms with Crippen LogP contribution in [0.5, 0.6) is 0 Å². The lowest BCUT2D eigenvalue weighted by molar-refractivity contribution is 0.188. The van der Waals surface area contributed by atoms with Gasteiger partial charge in [-0.3, -0.25) is 0 Å². The second-order valence-corrected chi connectivity index (χ2v) is 6.38. The quantitative estimate of drug-likeness (QED) is 0.800. The molecule has 0 fully saturated rings. The van der Waals surface area contributed by atoms with Crippen molar-refractivity contribution in [2.75, 3.05) is 13.7 Å². The fraction of sp³-hybridized carbons (Fsp3) is 0.500. The van der Waals surface area contributed by atoms with E-state index in [1.54, 1.807) is 14.0 Å². The molecule has 1 rings (SSSR count). The predicted molar refractivity (Wildman–Crippen MR) is 75.6 cm³/mol. The number of hydrogen-bond donors (Lipinski definition) is 2. The fourth-order valence-electron chi connectivity index (χ4n) is 1.56. The van der Waals surface area contributed by atoms with Gasteiger partial charge in [-0.25, -0.2) is 13.1 Å². The Morgan fingerprint density at radius 1 is 1.47 bits per heavy atom. The van der Waals surface area contributed by atoms with Gasteiger partial charge in [0.05, 0.1) is 4.90 Å². The molecule has 0 aliphatic rings. The number of nitrogens with two attached hydrogens (primary N) is 1. The topological polar surface area (TPSA) is 81.4 Å². The molecule has 1 aromatic rings. The van der Waals surface area contributed by atoms with Gasteiger partial charge in [0.1, 0.15) is 0 Å². The van der Waals surface area contributed by atoms with Crippen molar-refractivity contribution in [3.63, 3.8) is 0 Å². The van der Waals surface area contributed by atoms with Gasteiger partial charge < -0.3 is 10.5 Å². The number of hydrogen-bond acceptors (Lipinski definition) is 4. The Labute approximate surface area is 119 Å². The summed E-state index contributed by atoms with van der Waals surface area (Å²) in [5.41, 5.74) is 6.12. The van der Waals surface area contributed by atoms with Crippen LogP contribution in [-0.4, -0.2) is 28.2 Å². The molecule has 0 aliphatic carbocycles. The van der Waals surface area contributed by atoms with Crippen molar-refractivity contribution in [3.8, 4) is 0 Å². The first kappa shape index (κ1) is 16.4. The minimum Gasteiger partial charge on any atom is -0.385 e. The third-order valence-electron chi connectivity index (χ3n) is 2.66. The van der Waals surface area contributed by atoms with E-state index in [0.29, 0.717) is 23.6 Å². The van der Waals surface area contributed by atoms with Gasteiger partial charge in [-0.05, 0) is 37.1 Å². The molecular weight excluding hydrogens is 288 g/mol. The molecule has 0 saturated heterocycles. The largest absolute Gasteiger partial charge is 0.385 e. The smallest absolute Gasteiger partial charge is 0.240 e. The molecule has 7 heteroatoms. The molecular formula is C12H19ClN2O3S. The summed E-state index contributed by atoms with van der Waals surface area (Å²) in [5, 5.41) is 0.467. The van der Waals surface area contributed by atoms with Crippen molar-refractivity contribution in [2.24, 2.45) is 5.73 Å². The highest BCUT2D eigenvalue weighted by atomic mass is 35.5. The second kappa shape index (κ2) is 7.21. The number of rotatable bonds is 7. The van der Waals surface area contributed by atoms with Crippen LogP contribution in [0.25, 0.3) is 0 Å². The van der Waals surface area contributed by atoms with Gasteiger partial charge in [-0.1, -0.05) is 11.6 Å². The molecule has 0 aliphatic heterocycles. The maximum Gasteiger partial charge on any atom is 0.240 e. The molecule has 0 amide bonds. The number of benzene rings is 1. The van der Waals surface area contributed by atoms with Crippen LogP contribution < -0.4 is 10.5 Å². The lowest BCUT2D eigenvalue weighted by atomic mass is 10.2. The summed E-state index contributed by atoms with van der Waals surface area (Å²) >= 11 is 5.91. The van der Waals surface area contributed by atoms with Crippen molar-refractivity contribution in [3.05, 3.63) is 28.8 Å². The summed E-state index contributed by atoms with van der Waals surface area (Å²) in [6.45, 7) is 2.48. The Morgan fingerprint density at radius 3 is 2.74 bits per heavy atom. The van der Waals surface area contributed by atoms with Crippen LogP contribution in [0, 0.1) is 0 Å². The van der Waals surface area contributed by atoms with Crippen LogP contribution in [0.2, 0.25) is 5.02 Å². The molecule has 0 aromatic heterocycles. The molecule has 0 spiro atoms. The number of nitrogens with one attached hydrogen (secondary N) is 1. The van der Waals surface area contributed by atoms with E-state index < -0.39 is 10.0 Å². The standard InChI is InChI=1S/C12H19ClN2O3S/c1-9(5-6-18-2)15-19(16,17)11-3-4-12(13)10(7-11)8-14/h3-4,7,9,15H,5-6,8,14H2,1-2H3. The Morgan fingerprint density at radius 2 is 2.16 bits per heavy atom. The second-order valence-electron chi connectivity index (χ2n) is 4.26. The van der Waals surface area contributed by atoms with Gasteiger partial charge in [0, 0.05) is 31.3 Å². The first-order valence-electron chi connectivity index (χ1n) is 5.90. The van der Waals surface area contributed by atoms with E-state index in [1.165, 1.54) is 18.2 Å². The Bertz CT molecular complexity index is 520. The molecule has 108 valence electrons. The van der Waals surface area contributed by atoms with Crippen LogP contribution in [-0.2, 0) is 21.3 Å². The number of ether oxygens (including phenoxy) is 1. The lowest BCUT2D eigenvalue weighted by Crippen LogP contribution is -2.33. The average molecular weight is 307 g/mol. The minimum absolute atomic E-state index is 0.168. The van der Waals surface area contributed by atoms with Crippen LogP contribution in [0.4, 0.5) is 0 Å². The summed E-state index contributed by atoms with van der Waals surface area (Å²) in [5.74, 6) is 0. The van der Waals surface area contributed by atoms with Gasteiger partial charge in [0.25, 0.3) is 0 Å². The van der Waals surface area contributed by atoms with Crippen LogP contribution >= 0.6 is 11.6 Å². The third-order valence-corrected chi connectivity index (χ3v) is 4.61. The highest BCUT2D eigenvalue weighted by Gasteiger charge is 2.18. The van der Waals surface area contributed by atoms with Crippen LogP contribution in [0.1, 0.15) is 18.9 Å². The highest BCUT2D eigenvalue weighted by molar-refractivity contribution is 7.89. The molecule has 1 atom stereocenters. The van der Waals surface area contributed by atoms with Crippen molar-refractivity contribution >= 4 is 21.6 Å². The Balaban J connectivity index is 2.88. The summed E-state index contributed by atoms with van der Waals surface area (Å²) in [7, 11) is -1.98. The molecule has 1 aromatic carbocycles. The van der Waals surface area contributed by atoms with Crippen molar-refractivity contribution < 1.29 is 13.2 Å². The molecule has 0 heterocycles. The maximum atomic E-state index is 12.1. The van der Waals surface area contributed by atoms with Gasteiger partial charge in [0.2, 0.25) is 10.0 Å².